The van der Waals surface area contributed by atoms with Crippen LogP contribution in [0.25, 0.3) is 0 Å². The number of likely N-dealkylation sites (tertiary alicyclic amines) is 1. The molecule has 0 saturated carbocycles. The molecule has 1 aromatic carbocycles. The Morgan fingerprint density at radius 1 is 1.37 bits per heavy atom. The van der Waals surface area contributed by atoms with Crippen molar-refractivity contribution in [1.29, 1.82) is 0 Å². The van der Waals surface area contributed by atoms with Crippen molar-refractivity contribution in [2.75, 3.05) is 18.9 Å². The van der Waals surface area contributed by atoms with E-state index in [1.165, 1.54) is 6.07 Å². The molecule has 0 aromatic heterocycles. The number of para-hydroxylation sites is 1. The third kappa shape index (κ3) is 3.46. The Morgan fingerprint density at radius 3 is 2.68 bits per heavy atom. The van der Waals surface area contributed by atoms with Gasteiger partial charge in [-0.15, -0.1) is 0 Å². The van der Waals surface area contributed by atoms with Crippen LogP contribution in [0.1, 0.15) is 19.8 Å². The van der Waals surface area contributed by atoms with E-state index in [1.54, 1.807) is 12.1 Å². The Labute approximate surface area is 114 Å². The van der Waals surface area contributed by atoms with Gasteiger partial charge in [-0.05, 0) is 38.9 Å². The molecule has 1 fully saturated rings. The summed E-state index contributed by atoms with van der Waals surface area (Å²) in [5.41, 5.74) is 0.603. The number of benzene rings is 1. The smallest absolute Gasteiger partial charge is 0.240 e. The SMILES string of the molecule is CC1CC(Nc2ccccc2S(N)(=O)=O)CCN1C. The molecule has 0 radical (unpaired) electrons. The number of nitrogens with two attached hydrogens (primary N) is 1. The molecular weight excluding hydrogens is 262 g/mol. The van der Waals surface area contributed by atoms with Gasteiger partial charge in [0.15, 0.2) is 0 Å². The fraction of sp³-hybridized carbons (Fsp3) is 0.538. The number of nitrogens with one attached hydrogen (secondary N) is 1. The van der Waals surface area contributed by atoms with Gasteiger partial charge in [0.1, 0.15) is 4.90 Å². The summed E-state index contributed by atoms with van der Waals surface area (Å²) in [7, 11) is -1.57. The number of hydrogen-bond donors (Lipinski definition) is 2. The van der Waals surface area contributed by atoms with E-state index in [2.05, 4.69) is 24.2 Å². The second kappa shape index (κ2) is 5.48. The summed E-state index contributed by atoms with van der Waals surface area (Å²) in [6.07, 6.45) is 2.00. The normalized spacial score (nSPS) is 25.2. The first-order valence-corrected chi connectivity index (χ1v) is 8.01. The first kappa shape index (κ1) is 14.3. The van der Waals surface area contributed by atoms with Crippen molar-refractivity contribution in [3.8, 4) is 0 Å². The lowest BCUT2D eigenvalue weighted by molar-refractivity contribution is 0.190. The number of piperidine rings is 1. The highest BCUT2D eigenvalue weighted by Gasteiger charge is 2.24. The zero-order chi connectivity index (χ0) is 14.0. The molecular formula is C13H21N3O2S. The average molecular weight is 283 g/mol. The van der Waals surface area contributed by atoms with Crippen LogP contribution in [0.4, 0.5) is 5.69 Å². The van der Waals surface area contributed by atoms with Crippen LogP contribution in [-0.2, 0) is 10.0 Å². The van der Waals surface area contributed by atoms with E-state index in [9.17, 15) is 8.42 Å². The molecule has 1 aliphatic rings. The predicted octanol–water partition coefficient (Wildman–Crippen LogP) is 1.23. The van der Waals surface area contributed by atoms with Gasteiger partial charge < -0.3 is 10.2 Å². The summed E-state index contributed by atoms with van der Waals surface area (Å²) >= 11 is 0. The van der Waals surface area contributed by atoms with Gasteiger partial charge in [0.05, 0.1) is 5.69 Å². The molecule has 2 rings (SSSR count). The summed E-state index contributed by atoms with van der Waals surface area (Å²) in [5.74, 6) is 0. The van der Waals surface area contributed by atoms with Crippen molar-refractivity contribution >= 4 is 15.7 Å². The van der Waals surface area contributed by atoms with Gasteiger partial charge in [-0.3, -0.25) is 0 Å². The van der Waals surface area contributed by atoms with E-state index in [0.29, 0.717) is 11.7 Å². The molecule has 106 valence electrons. The fourth-order valence-corrected chi connectivity index (χ4v) is 3.18. The van der Waals surface area contributed by atoms with Crippen LogP contribution in [0.3, 0.4) is 0 Å². The predicted molar refractivity (Wildman–Crippen MR) is 76.6 cm³/mol. The van der Waals surface area contributed by atoms with E-state index in [0.717, 1.165) is 19.4 Å². The van der Waals surface area contributed by atoms with Crippen LogP contribution in [-0.4, -0.2) is 39.0 Å². The fourth-order valence-electron chi connectivity index (χ4n) is 2.47. The van der Waals surface area contributed by atoms with E-state index >= 15 is 0 Å². The highest BCUT2D eigenvalue weighted by Crippen LogP contribution is 2.24. The Kier molecular flexibility index (Phi) is 4.13. The van der Waals surface area contributed by atoms with Crippen LogP contribution in [0.15, 0.2) is 29.2 Å². The summed E-state index contributed by atoms with van der Waals surface area (Å²) in [5, 5.41) is 8.56. The van der Waals surface area contributed by atoms with Gasteiger partial charge in [-0.2, -0.15) is 0 Å². The van der Waals surface area contributed by atoms with Crippen LogP contribution < -0.4 is 10.5 Å². The van der Waals surface area contributed by atoms with Crippen LogP contribution in [0, 0.1) is 0 Å². The third-order valence-corrected chi connectivity index (χ3v) is 4.73. The molecule has 19 heavy (non-hydrogen) atoms. The van der Waals surface area contributed by atoms with Crippen molar-refractivity contribution in [2.45, 2.75) is 36.7 Å². The lowest BCUT2D eigenvalue weighted by Gasteiger charge is -2.36. The molecule has 1 heterocycles. The average Bonchev–Trinajstić information content (AvgIpc) is 2.33. The van der Waals surface area contributed by atoms with Crippen molar-refractivity contribution in [1.82, 2.24) is 4.90 Å². The minimum Gasteiger partial charge on any atom is -0.381 e. The van der Waals surface area contributed by atoms with Gasteiger partial charge in [-0.1, -0.05) is 12.1 Å². The van der Waals surface area contributed by atoms with Gasteiger partial charge in [-0.25, -0.2) is 13.6 Å². The molecule has 3 N–H and O–H groups in total. The first-order valence-electron chi connectivity index (χ1n) is 6.46. The number of nitrogens with zero attached hydrogens (tertiary/aromatic N) is 1. The summed E-state index contributed by atoms with van der Waals surface area (Å²) in [4.78, 5) is 2.48. The van der Waals surface area contributed by atoms with Crippen LogP contribution in [0.2, 0.25) is 0 Å². The number of rotatable bonds is 3. The summed E-state index contributed by atoms with van der Waals surface area (Å²) in [6, 6.07) is 7.58. The Balaban J connectivity index is 2.16. The third-order valence-electron chi connectivity index (χ3n) is 3.76. The van der Waals surface area contributed by atoms with Gasteiger partial charge in [0.25, 0.3) is 0 Å². The van der Waals surface area contributed by atoms with E-state index in [-0.39, 0.29) is 10.9 Å². The number of hydrogen-bond acceptors (Lipinski definition) is 4. The molecule has 0 aliphatic carbocycles. The molecule has 5 nitrogen and oxygen atoms in total. The minimum atomic E-state index is -3.68. The molecule has 0 spiro atoms. The zero-order valence-corrected chi connectivity index (χ0v) is 12.2. The van der Waals surface area contributed by atoms with E-state index in [1.807, 2.05) is 6.07 Å². The van der Waals surface area contributed by atoms with Crippen LogP contribution >= 0.6 is 0 Å². The Bertz CT molecular complexity index is 545. The second-order valence-corrected chi connectivity index (χ2v) is 6.77. The molecule has 2 atom stereocenters. The molecule has 1 saturated heterocycles. The molecule has 6 heteroatoms. The number of sulfonamides is 1. The van der Waals surface area contributed by atoms with Crippen molar-refractivity contribution in [3.63, 3.8) is 0 Å². The standard InChI is InChI=1S/C13H21N3O2S/c1-10-9-11(7-8-16(10)2)15-12-5-3-4-6-13(12)19(14,17)18/h3-6,10-11,15H,7-9H2,1-2H3,(H2,14,17,18). The van der Waals surface area contributed by atoms with Gasteiger partial charge in [0.2, 0.25) is 10.0 Å². The molecule has 1 aromatic rings. The monoisotopic (exact) mass is 283 g/mol. The van der Waals surface area contributed by atoms with E-state index < -0.39 is 10.0 Å². The van der Waals surface area contributed by atoms with Crippen molar-refractivity contribution in [2.24, 2.45) is 5.14 Å². The maximum atomic E-state index is 11.5. The lowest BCUT2D eigenvalue weighted by Crippen LogP contribution is -2.42. The zero-order valence-electron chi connectivity index (χ0n) is 11.3. The quantitative estimate of drug-likeness (QED) is 0.875. The minimum absolute atomic E-state index is 0.168. The van der Waals surface area contributed by atoms with Crippen molar-refractivity contribution in [3.05, 3.63) is 24.3 Å². The first-order chi connectivity index (χ1) is 8.88. The molecule has 2 unspecified atom stereocenters. The maximum absolute atomic E-state index is 11.5. The van der Waals surface area contributed by atoms with Gasteiger partial charge in [0, 0.05) is 18.6 Å². The highest BCUT2D eigenvalue weighted by atomic mass is 32.2. The largest absolute Gasteiger partial charge is 0.381 e. The topological polar surface area (TPSA) is 75.4 Å². The summed E-state index contributed by atoms with van der Waals surface area (Å²) < 4.78 is 23.1. The lowest BCUT2D eigenvalue weighted by atomic mass is 9.99. The highest BCUT2D eigenvalue weighted by molar-refractivity contribution is 7.89. The number of anilines is 1. The van der Waals surface area contributed by atoms with Crippen molar-refractivity contribution < 1.29 is 8.42 Å². The number of primary sulfonamides is 1. The second-order valence-electron chi connectivity index (χ2n) is 5.24. The summed E-state index contributed by atoms with van der Waals surface area (Å²) in [6.45, 7) is 3.19. The van der Waals surface area contributed by atoms with E-state index in [4.69, 9.17) is 5.14 Å². The Hall–Kier alpha value is -1.11. The molecule has 0 amide bonds. The molecule has 0 bridgehead atoms. The Morgan fingerprint density at radius 2 is 2.05 bits per heavy atom. The maximum Gasteiger partial charge on any atom is 0.240 e. The van der Waals surface area contributed by atoms with Gasteiger partial charge >= 0.3 is 0 Å². The molecule has 1 aliphatic heterocycles. The van der Waals surface area contributed by atoms with Crippen LogP contribution in [0.5, 0.6) is 0 Å².